The van der Waals surface area contributed by atoms with Crippen LogP contribution >= 0.6 is 0 Å². The summed E-state index contributed by atoms with van der Waals surface area (Å²) in [6.07, 6.45) is 5.05. The zero-order chi connectivity index (χ0) is 11.8. The quantitative estimate of drug-likeness (QED) is 0.596. The van der Waals surface area contributed by atoms with Gasteiger partial charge in [-0.15, -0.1) is 11.5 Å². The van der Waals surface area contributed by atoms with Crippen LogP contribution in [0.2, 0.25) is 0 Å². The van der Waals surface area contributed by atoms with Crippen molar-refractivity contribution in [2.45, 2.75) is 6.42 Å². The molecule has 1 aromatic rings. The van der Waals surface area contributed by atoms with E-state index in [0.717, 1.165) is 12.0 Å². The number of benzene rings is 1. The maximum absolute atomic E-state index is 10.6. The minimum atomic E-state index is -0.844. The normalized spacial score (nSPS) is 9.75. The van der Waals surface area contributed by atoms with Crippen LogP contribution in [-0.2, 0) is 11.3 Å². The molecular formula is C12H14N2O2. The number of nitrogens with zero attached hydrogens (tertiary/aromatic N) is 1. The van der Waals surface area contributed by atoms with Crippen molar-refractivity contribution in [3.05, 3.63) is 35.9 Å². The summed E-state index contributed by atoms with van der Waals surface area (Å²) in [6.45, 7) is 0.757. The Balaban J connectivity index is 2.44. The van der Waals surface area contributed by atoms with Crippen molar-refractivity contribution < 1.29 is 9.63 Å². The molecule has 0 aliphatic rings. The van der Waals surface area contributed by atoms with Gasteiger partial charge in [0.2, 0.25) is 0 Å². The van der Waals surface area contributed by atoms with E-state index >= 15 is 0 Å². The molecule has 0 unspecified atom stereocenters. The van der Waals surface area contributed by atoms with Gasteiger partial charge in [0, 0.05) is 6.54 Å². The van der Waals surface area contributed by atoms with E-state index in [-0.39, 0.29) is 6.54 Å². The van der Waals surface area contributed by atoms with E-state index in [0.29, 0.717) is 6.54 Å². The second-order valence-corrected chi connectivity index (χ2v) is 3.21. The highest BCUT2D eigenvalue weighted by molar-refractivity contribution is 5.64. The maximum Gasteiger partial charge on any atom is 0.423 e. The molecule has 2 N–H and O–H groups in total. The van der Waals surface area contributed by atoms with Gasteiger partial charge in [0.05, 0.1) is 6.54 Å². The van der Waals surface area contributed by atoms with Crippen LogP contribution in [-0.4, -0.2) is 24.2 Å². The van der Waals surface area contributed by atoms with Crippen LogP contribution in [0.25, 0.3) is 0 Å². The summed E-state index contributed by atoms with van der Waals surface area (Å²) in [6, 6.07) is 9.85. The van der Waals surface area contributed by atoms with Gasteiger partial charge < -0.3 is 10.6 Å². The molecule has 1 aromatic carbocycles. The first-order valence-corrected chi connectivity index (χ1v) is 4.92. The molecule has 0 spiro atoms. The van der Waals surface area contributed by atoms with Gasteiger partial charge in [0.1, 0.15) is 0 Å². The molecule has 1 amide bonds. The van der Waals surface area contributed by atoms with Crippen LogP contribution in [0.4, 0.5) is 4.79 Å². The number of hydroxylamine groups is 2. The topological polar surface area (TPSA) is 55.6 Å². The monoisotopic (exact) mass is 218 g/mol. The molecule has 0 aliphatic carbocycles. The molecule has 0 aromatic heterocycles. The zero-order valence-electron chi connectivity index (χ0n) is 8.93. The Morgan fingerprint density at radius 3 is 2.69 bits per heavy atom. The average Bonchev–Trinajstić information content (AvgIpc) is 2.27. The molecule has 0 fully saturated rings. The Hall–Kier alpha value is -1.99. The van der Waals surface area contributed by atoms with Crippen LogP contribution in [0.15, 0.2) is 30.3 Å². The number of primary amides is 1. The summed E-state index contributed by atoms with van der Waals surface area (Å²) >= 11 is 0. The smallest absolute Gasteiger partial charge is 0.350 e. The maximum atomic E-state index is 10.6. The molecule has 0 heterocycles. The lowest BCUT2D eigenvalue weighted by molar-refractivity contribution is -0.0842. The second kappa shape index (κ2) is 6.49. The average molecular weight is 218 g/mol. The Morgan fingerprint density at radius 1 is 1.44 bits per heavy atom. The second-order valence-electron chi connectivity index (χ2n) is 3.21. The first-order chi connectivity index (χ1) is 7.72. The van der Waals surface area contributed by atoms with Crippen molar-refractivity contribution in [3.8, 4) is 12.3 Å². The molecule has 0 aliphatic heterocycles. The first-order valence-electron chi connectivity index (χ1n) is 4.92. The predicted octanol–water partition coefficient (Wildman–Crippen LogP) is 1.17. The van der Waals surface area contributed by atoms with E-state index in [4.69, 9.17) is 17.0 Å². The molecule has 4 heteroatoms. The van der Waals surface area contributed by atoms with Gasteiger partial charge in [0.15, 0.2) is 0 Å². The largest absolute Gasteiger partial charge is 0.423 e. The van der Waals surface area contributed by atoms with Crippen LogP contribution < -0.4 is 5.73 Å². The highest BCUT2D eigenvalue weighted by Crippen LogP contribution is 2.01. The van der Waals surface area contributed by atoms with Crippen LogP contribution in [0, 0.1) is 12.3 Å². The molecule has 1 rings (SSSR count). The number of hydrogen-bond acceptors (Lipinski definition) is 3. The van der Waals surface area contributed by atoms with Gasteiger partial charge in [-0.1, -0.05) is 36.3 Å². The molecule has 0 bridgehead atoms. The summed E-state index contributed by atoms with van der Waals surface area (Å²) in [4.78, 5) is 15.3. The molecule has 16 heavy (non-hydrogen) atoms. The highest BCUT2D eigenvalue weighted by Gasteiger charge is 2.07. The van der Waals surface area contributed by atoms with Gasteiger partial charge >= 0.3 is 6.09 Å². The lowest BCUT2D eigenvalue weighted by Crippen LogP contribution is -2.32. The van der Waals surface area contributed by atoms with Crippen LogP contribution in [0.5, 0.6) is 0 Å². The third kappa shape index (κ3) is 4.49. The SMILES string of the molecule is C#CCN(CCc1ccccc1)OC(N)=O. The minimum Gasteiger partial charge on any atom is -0.350 e. The molecule has 84 valence electrons. The van der Waals surface area contributed by atoms with Crippen molar-refractivity contribution in [2.24, 2.45) is 5.73 Å². The van der Waals surface area contributed by atoms with Crippen molar-refractivity contribution >= 4 is 6.09 Å². The number of carbonyl (C=O) groups is 1. The number of nitrogens with two attached hydrogens (primary N) is 1. The Kier molecular flexibility index (Phi) is 4.90. The number of rotatable bonds is 5. The number of terminal acetylenes is 1. The predicted molar refractivity (Wildman–Crippen MR) is 61.2 cm³/mol. The van der Waals surface area contributed by atoms with Gasteiger partial charge in [0.25, 0.3) is 0 Å². The van der Waals surface area contributed by atoms with E-state index in [1.54, 1.807) is 0 Å². The van der Waals surface area contributed by atoms with Crippen molar-refractivity contribution in [2.75, 3.05) is 13.1 Å². The third-order valence-corrected chi connectivity index (χ3v) is 1.98. The van der Waals surface area contributed by atoms with E-state index < -0.39 is 6.09 Å². The van der Waals surface area contributed by atoms with E-state index in [1.807, 2.05) is 30.3 Å². The summed E-state index contributed by atoms with van der Waals surface area (Å²) in [5.41, 5.74) is 6.07. The molecule has 0 saturated carbocycles. The summed E-state index contributed by atoms with van der Waals surface area (Å²) in [7, 11) is 0. The fourth-order valence-electron chi connectivity index (χ4n) is 1.28. The fourth-order valence-corrected chi connectivity index (χ4v) is 1.28. The van der Waals surface area contributed by atoms with Gasteiger partial charge in [-0.05, 0) is 12.0 Å². The number of carbonyl (C=O) groups excluding carboxylic acids is 1. The molecule has 0 radical (unpaired) electrons. The summed E-state index contributed by atoms with van der Waals surface area (Å²) in [5.74, 6) is 2.40. The summed E-state index contributed by atoms with van der Waals surface area (Å²) < 4.78 is 0. The highest BCUT2D eigenvalue weighted by atomic mass is 16.7. The molecule has 0 saturated heterocycles. The first kappa shape index (κ1) is 12.1. The molecule has 0 atom stereocenters. The van der Waals surface area contributed by atoms with Crippen LogP contribution in [0.1, 0.15) is 5.56 Å². The van der Waals surface area contributed by atoms with Gasteiger partial charge in [-0.25, -0.2) is 4.79 Å². The van der Waals surface area contributed by atoms with Crippen LogP contribution in [0.3, 0.4) is 0 Å². The third-order valence-electron chi connectivity index (χ3n) is 1.98. The minimum absolute atomic E-state index is 0.232. The lowest BCUT2D eigenvalue weighted by Gasteiger charge is -2.17. The van der Waals surface area contributed by atoms with Crippen molar-refractivity contribution in [3.63, 3.8) is 0 Å². The van der Waals surface area contributed by atoms with E-state index in [1.165, 1.54) is 5.06 Å². The zero-order valence-corrected chi connectivity index (χ0v) is 8.93. The Labute approximate surface area is 94.9 Å². The Morgan fingerprint density at radius 2 is 2.12 bits per heavy atom. The van der Waals surface area contributed by atoms with E-state index in [2.05, 4.69) is 5.92 Å². The summed E-state index contributed by atoms with van der Waals surface area (Å²) in [5, 5.41) is 1.37. The standard InChI is InChI=1S/C12H14N2O2/c1-2-9-14(16-12(13)15)10-8-11-6-4-3-5-7-11/h1,3-7H,8-10H2,(H2,13,15). The lowest BCUT2D eigenvalue weighted by atomic mass is 10.1. The van der Waals surface area contributed by atoms with Gasteiger partial charge in [-0.2, -0.15) is 0 Å². The Bertz CT molecular complexity index is 370. The van der Waals surface area contributed by atoms with Crippen molar-refractivity contribution in [1.82, 2.24) is 5.06 Å². The number of hydrogen-bond donors (Lipinski definition) is 1. The molecular weight excluding hydrogens is 204 g/mol. The molecule has 4 nitrogen and oxygen atoms in total. The fraction of sp³-hybridized carbons (Fsp3) is 0.250. The van der Waals surface area contributed by atoms with Gasteiger partial charge in [-0.3, -0.25) is 0 Å². The van der Waals surface area contributed by atoms with E-state index in [9.17, 15) is 4.79 Å². The number of amides is 1. The van der Waals surface area contributed by atoms with Crippen molar-refractivity contribution in [1.29, 1.82) is 0 Å².